The van der Waals surface area contributed by atoms with Gasteiger partial charge in [0.15, 0.2) is 0 Å². The van der Waals surface area contributed by atoms with Gasteiger partial charge in [0.05, 0.1) is 5.69 Å². The van der Waals surface area contributed by atoms with Crippen molar-refractivity contribution in [2.45, 2.75) is 13.8 Å². The van der Waals surface area contributed by atoms with Crippen molar-refractivity contribution < 1.29 is 4.79 Å². The molecule has 86 valence electrons. The largest absolute Gasteiger partial charge is 0.349 e. The predicted octanol–water partition coefficient (Wildman–Crippen LogP) is 1.35. The monoisotopic (exact) mass is 219 g/mol. The topological polar surface area (TPSA) is 46.9 Å². The number of rotatable bonds is 4. The molecule has 0 fully saturated rings. The highest BCUT2D eigenvalue weighted by Gasteiger charge is 2.05. The average Bonchev–Trinajstić information content (AvgIpc) is 2.48. The molecular formula is C12H17N3O. The fourth-order valence-corrected chi connectivity index (χ4v) is 1.42. The Bertz CT molecular complexity index is 430. The van der Waals surface area contributed by atoms with Crippen molar-refractivity contribution in [2.75, 3.05) is 6.54 Å². The van der Waals surface area contributed by atoms with E-state index >= 15 is 0 Å². The Morgan fingerprint density at radius 1 is 1.56 bits per heavy atom. The lowest BCUT2D eigenvalue weighted by Gasteiger charge is -1.96. The second-order valence-electron chi connectivity index (χ2n) is 3.58. The van der Waals surface area contributed by atoms with E-state index in [2.05, 4.69) is 17.0 Å². The summed E-state index contributed by atoms with van der Waals surface area (Å²) in [6.07, 6.45) is 4.95. The van der Waals surface area contributed by atoms with E-state index in [9.17, 15) is 4.79 Å². The van der Waals surface area contributed by atoms with Gasteiger partial charge in [0.25, 0.3) is 0 Å². The zero-order chi connectivity index (χ0) is 12.1. The van der Waals surface area contributed by atoms with Gasteiger partial charge in [-0.05, 0) is 19.9 Å². The molecule has 0 bridgehead atoms. The first-order valence-electron chi connectivity index (χ1n) is 5.13. The minimum atomic E-state index is -0.123. The third-order valence-corrected chi connectivity index (χ3v) is 2.39. The molecule has 0 saturated heterocycles. The Kier molecular flexibility index (Phi) is 4.05. The molecule has 0 unspecified atom stereocenters. The average molecular weight is 219 g/mol. The summed E-state index contributed by atoms with van der Waals surface area (Å²) >= 11 is 0. The number of nitrogens with zero attached hydrogens (tertiary/aromatic N) is 2. The maximum Gasteiger partial charge on any atom is 0.244 e. The summed E-state index contributed by atoms with van der Waals surface area (Å²) in [5, 5.41) is 6.95. The predicted molar refractivity (Wildman–Crippen MR) is 64.9 cm³/mol. The van der Waals surface area contributed by atoms with Crippen LogP contribution in [-0.2, 0) is 11.8 Å². The van der Waals surface area contributed by atoms with Crippen LogP contribution in [0.4, 0.5) is 0 Å². The molecule has 1 aromatic rings. The van der Waals surface area contributed by atoms with Crippen molar-refractivity contribution in [1.29, 1.82) is 0 Å². The van der Waals surface area contributed by atoms with Crippen LogP contribution in [0, 0.1) is 13.8 Å². The summed E-state index contributed by atoms with van der Waals surface area (Å²) in [7, 11) is 1.89. The summed E-state index contributed by atoms with van der Waals surface area (Å²) in [5.74, 6) is -0.123. The van der Waals surface area contributed by atoms with Crippen LogP contribution in [0.1, 0.15) is 17.0 Å². The Morgan fingerprint density at radius 2 is 2.25 bits per heavy atom. The van der Waals surface area contributed by atoms with Crippen molar-refractivity contribution in [2.24, 2.45) is 7.05 Å². The van der Waals surface area contributed by atoms with Crippen molar-refractivity contribution >= 4 is 12.0 Å². The number of hydrogen-bond acceptors (Lipinski definition) is 2. The van der Waals surface area contributed by atoms with Crippen LogP contribution in [0.5, 0.6) is 0 Å². The Hall–Kier alpha value is -1.84. The maximum atomic E-state index is 11.3. The van der Waals surface area contributed by atoms with Gasteiger partial charge in [0.2, 0.25) is 5.91 Å². The summed E-state index contributed by atoms with van der Waals surface area (Å²) in [4.78, 5) is 11.3. The molecule has 0 radical (unpaired) electrons. The third-order valence-electron chi connectivity index (χ3n) is 2.39. The molecule has 4 nitrogen and oxygen atoms in total. The molecule has 1 heterocycles. The molecule has 0 aliphatic heterocycles. The third kappa shape index (κ3) is 2.82. The fraction of sp³-hybridized carbons (Fsp3) is 0.333. The molecule has 0 atom stereocenters. The summed E-state index contributed by atoms with van der Waals surface area (Å²) < 4.78 is 1.80. The molecule has 1 amide bonds. The second-order valence-corrected chi connectivity index (χ2v) is 3.58. The molecule has 16 heavy (non-hydrogen) atoms. The highest BCUT2D eigenvalue weighted by Crippen LogP contribution is 2.13. The van der Waals surface area contributed by atoms with E-state index in [1.54, 1.807) is 16.8 Å². The first-order valence-corrected chi connectivity index (χ1v) is 5.13. The Balaban J connectivity index is 2.76. The number of aryl methyl sites for hydroxylation is 2. The quantitative estimate of drug-likeness (QED) is 0.614. The van der Waals surface area contributed by atoms with Crippen LogP contribution in [0.3, 0.4) is 0 Å². The van der Waals surface area contributed by atoms with Crippen molar-refractivity contribution in [3.05, 3.63) is 35.7 Å². The minimum absolute atomic E-state index is 0.123. The lowest BCUT2D eigenvalue weighted by atomic mass is 10.2. The van der Waals surface area contributed by atoms with Crippen molar-refractivity contribution in [3.8, 4) is 0 Å². The summed E-state index contributed by atoms with van der Waals surface area (Å²) in [6, 6.07) is 0. The molecule has 0 aliphatic rings. The second kappa shape index (κ2) is 5.30. The van der Waals surface area contributed by atoms with Crippen molar-refractivity contribution in [3.63, 3.8) is 0 Å². The van der Waals surface area contributed by atoms with Gasteiger partial charge in [-0.1, -0.05) is 6.08 Å². The van der Waals surface area contributed by atoms with Crippen LogP contribution in [-0.4, -0.2) is 22.2 Å². The molecular weight excluding hydrogens is 202 g/mol. The van der Waals surface area contributed by atoms with E-state index in [4.69, 9.17) is 0 Å². The van der Waals surface area contributed by atoms with E-state index < -0.39 is 0 Å². The highest BCUT2D eigenvalue weighted by molar-refractivity contribution is 5.92. The fourth-order valence-electron chi connectivity index (χ4n) is 1.42. The first-order chi connectivity index (χ1) is 7.56. The molecule has 1 rings (SSSR count). The number of carbonyl (C=O) groups excluding carboxylic acids is 1. The van der Waals surface area contributed by atoms with Crippen LogP contribution >= 0.6 is 0 Å². The number of aromatic nitrogens is 2. The van der Waals surface area contributed by atoms with E-state index in [1.807, 2.05) is 20.9 Å². The lowest BCUT2D eigenvalue weighted by Crippen LogP contribution is -2.20. The summed E-state index contributed by atoms with van der Waals surface area (Å²) in [6.45, 7) is 7.91. The Labute approximate surface area is 95.7 Å². The molecule has 4 heteroatoms. The van der Waals surface area contributed by atoms with Gasteiger partial charge in [0, 0.05) is 30.9 Å². The number of nitrogens with one attached hydrogen (secondary N) is 1. The van der Waals surface area contributed by atoms with Gasteiger partial charge in [-0.2, -0.15) is 5.10 Å². The molecule has 0 aliphatic carbocycles. The van der Waals surface area contributed by atoms with Gasteiger partial charge in [-0.25, -0.2) is 0 Å². The van der Waals surface area contributed by atoms with Gasteiger partial charge < -0.3 is 5.32 Å². The SMILES string of the molecule is C=CCNC(=O)C=Cc1c(C)nn(C)c1C. The smallest absolute Gasteiger partial charge is 0.244 e. The normalized spacial score (nSPS) is 10.7. The van der Waals surface area contributed by atoms with E-state index in [1.165, 1.54) is 6.08 Å². The zero-order valence-corrected chi connectivity index (χ0v) is 9.95. The molecule has 0 saturated carbocycles. The van der Waals surface area contributed by atoms with Crippen LogP contribution in [0.15, 0.2) is 18.7 Å². The van der Waals surface area contributed by atoms with E-state index in [-0.39, 0.29) is 5.91 Å². The number of carbonyl (C=O) groups is 1. The molecule has 0 spiro atoms. The lowest BCUT2D eigenvalue weighted by molar-refractivity contribution is -0.116. The van der Waals surface area contributed by atoms with Crippen molar-refractivity contribution in [1.82, 2.24) is 15.1 Å². The first kappa shape index (κ1) is 12.2. The van der Waals surface area contributed by atoms with E-state index in [0.29, 0.717) is 6.54 Å². The zero-order valence-electron chi connectivity index (χ0n) is 9.95. The van der Waals surface area contributed by atoms with E-state index in [0.717, 1.165) is 17.0 Å². The van der Waals surface area contributed by atoms with Crippen LogP contribution in [0.2, 0.25) is 0 Å². The van der Waals surface area contributed by atoms with Crippen LogP contribution < -0.4 is 5.32 Å². The molecule has 1 N–H and O–H groups in total. The minimum Gasteiger partial charge on any atom is -0.349 e. The molecule has 1 aromatic heterocycles. The van der Waals surface area contributed by atoms with Gasteiger partial charge >= 0.3 is 0 Å². The molecule has 0 aromatic carbocycles. The van der Waals surface area contributed by atoms with Gasteiger partial charge in [0.1, 0.15) is 0 Å². The van der Waals surface area contributed by atoms with Gasteiger partial charge in [-0.15, -0.1) is 6.58 Å². The Morgan fingerprint density at radius 3 is 2.75 bits per heavy atom. The highest BCUT2D eigenvalue weighted by atomic mass is 16.1. The van der Waals surface area contributed by atoms with Crippen LogP contribution in [0.25, 0.3) is 6.08 Å². The maximum absolute atomic E-state index is 11.3. The standard InChI is InChI=1S/C12H17N3O/c1-5-8-13-12(16)7-6-11-9(2)14-15(4)10(11)3/h5-7H,1,8H2,2-4H3,(H,13,16). The van der Waals surface area contributed by atoms with Gasteiger partial charge in [-0.3, -0.25) is 9.48 Å². The number of hydrogen-bond donors (Lipinski definition) is 1. The number of amides is 1. The summed E-state index contributed by atoms with van der Waals surface area (Å²) in [5.41, 5.74) is 2.97.